The molecule has 3 nitrogen and oxygen atoms in total. The number of rotatable bonds is 3. The lowest BCUT2D eigenvalue weighted by Gasteiger charge is -2.28. The van der Waals surface area contributed by atoms with Crippen LogP contribution in [0.25, 0.3) is 0 Å². The molecule has 1 fully saturated rings. The molecule has 1 aliphatic rings. The van der Waals surface area contributed by atoms with E-state index in [4.69, 9.17) is 5.73 Å². The summed E-state index contributed by atoms with van der Waals surface area (Å²) in [5, 5.41) is 0. The van der Waals surface area contributed by atoms with E-state index in [2.05, 4.69) is 0 Å². The average molecular weight is 253 g/mol. The van der Waals surface area contributed by atoms with Crippen molar-refractivity contribution in [2.75, 3.05) is 18.6 Å². The Morgan fingerprint density at radius 3 is 2.53 bits per heavy atom. The highest BCUT2D eigenvalue weighted by molar-refractivity contribution is 7.99. The molecule has 15 heavy (non-hydrogen) atoms. The summed E-state index contributed by atoms with van der Waals surface area (Å²) in [5.41, 5.74) is 5.72. The van der Waals surface area contributed by atoms with Crippen LogP contribution in [0.1, 0.15) is 20.3 Å². The zero-order valence-electron chi connectivity index (χ0n) is 9.60. The Kier molecular flexibility index (Phi) is 6.64. The molecule has 1 amide bonds. The Labute approximate surface area is 103 Å². The monoisotopic (exact) mass is 252 g/mol. The first kappa shape index (κ1) is 15.1. The molecule has 3 atom stereocenters. The van der Waals surface area contributed by atoms with Gasteiger partial charge in [-0.25, -0.2) is 0 Å². The highest BCUT2D eigenvalue weighted by Gasteiger charge is 2.28. The lowest BCUT2D eigenvalue weighted by Crippen LogP contribution is -2.44. The second-order valence-corrected chi connectivity index (χ2v) is 5.26. The summed E-state index contributed by atoms with van der Waals surface area (Å²) in [4.78, 5) is 13.8. The second kappa shape index (κ2) is 6.61. The normalized spacial score (nSPS) is 24.1. The maximum absolute atomic E-state index is 11.9. The van der Waals surface area contributed by atoms with Crippen molar-refractivity contribution in [3.8, 4) is 0 Å². The van der Waals surface area contributed by atoms with Crippen molar-refractivity contribution in [1.82, 2.24) is 4.90 Å². The summed E-state index contributed by atoms with van der Waals surface area (Å²) in [6, 6.07) is 0.368. The van der Waals surface area contributed by atoms with Crippen molar-refractivity contribution in [2.45, 2.75) is 32.4 Å². The van der Waals surface area contributed by atoms with Gasteiger partial charge in [0.2, 0.25) is 5.91 Å². The van der Waals surface area contributed by atoms with Crippen LogP contribution in [-0.4, -0.2) is 41.4 Å². The Balaban J connectivity index is 0.00000196. The van der Waals surface area contributed by atoms with Gasteiger partial charge in [-0.05, 0) is 19.1 Å². The number of carbonyl (C=O) groups is 1. The summed E-state index contributed by atoms with van der Waals surface area (Å²) < 4.78 is 0. The van der Waals surface area contributed by atoms with Gasteiger partial charge in [0.1, 0.15) is 0 Å². The van der Waals surface area contributed by atoms with Gasteiger partial charge in [0.15, 0.2) is 0 Å². The molecule has 1 aliphatic heterocycles. The van der Waals surface area contributed by atoms with Gasteiger partial charge in [0.05, 0.1) is 5.92 Å². The minimum Gasteiger partial charge on any atom is -0.342 e. The van der Waals surface area contributed by atoms with Gasteiger partial charge in [-0.15, -0.1) is 12.4 Å². The molecule has 0 aromatic heterocycles. The van der Waals surface area contributed by atoms with Crippen LogP contribution < -0.4 is 5.73 Å². The maximum atomic E-state index is 11.9. The van der Waals surface area contributed by atoms with E-state index in [0.29, 0.717) is 6.04 Å². The fourth-order valence-corrected chi connectivity index (χ4v) is 2.82. The van der Waals surface area contributed by atoms with E-state index < -0.39 is 0 Å². The number of thioether (sulfide) groups is 1. The standard InChI is InChI=1S/C10H20N2OS.ClH/c1-7(8(2)11)10(13)12(3)9-4-5-14-6-9;/h7-9H,4-6,11H2,1-3H3;1H. The van der Waals surface area contributed by atoms with Crippen LogP contribution in [0.2, 0.25) is 0 Å². The first-order valence-corrected chi connectivity index (χ1v) is 6.29. The molecule has 1 rings (SSSR count). The topological polar surface area (TPSA) is 46.3 Å². The number of hydrogen-bond donors (Lipinski definition) is 1. The zero-order valence-corrected chi connectivity index (χ0v) is 11.2. The number of halogens is 1. The van der Waals surface area contributed by atoms with E-state index in [0.717, 1.165) is 12.2 Å². The Morgan fingerprint density at radius 2 is 2.13 bits per heavy atom. The van der Waals surface area contributed by atoms with Gasteiger partial charge < -0.3 is 10.6 Å². The predicted octanol–water partition coefficient (Wildman–Crippen LogP) is 1.36. The van der Waals surface area contributed by atoms with Gasteiger partial charge in [-0.1, -0.05) is 6.92 Å². The highest BCUT2D eigenvalue weighted by Crippen LogP contribution is 2.22. The van der Waals surface area contributed by atoms with Crippen molar-refractivity contribution in [1.29, 1.82) is 0 Å². The van der Waals surface area contributed by atoms with Gasteiger partial charge >= 0.3 is 0 Å². The molecule has 0 aromatic carbocycles. The van der Waals surface area contributed by atoms with Gasteiger partial charge in [0, 0.05) is 24.9 Å². The maximum Gasteiger partial charge on any atom is 0.226 e. The Bertz CT molecular complexity index is 208. The fourth-order valence-electron chi connectivity index (χ4n) is 1.55. The van der Waals surface area contributed by atoms with Crippen LogP contribution in [0, 0.1) is 5.92 Å². The summed E-state index contributed by atoms with van der Waals surface area (Å²) >= 11 is 1.92. The molecule has 2 N–H and O–H groups in total. The number of hydrogen-bond acceptors (Lipinski definition) is 3. The lowest BCUT2D eigenvalue weighted by atomic mass is 10.0. The van der Waals surface area contributed by atoms with E-state index in [1.54, 1.807) is 0 Å². The van der Waals surface area contributed by atoms with Crippen molar-refractivity contribution in [3.63, 3.8) is 0 Å². The number of nitrogens with zero attached hydrogens (tertiary/aromatic N) is 1. The van der Waals surface area contributed by atoms with E-state index in [9.17, 15) is 4.79 Å². The van der Waals surface area contributed by atoms with Crippen molar-refractivity contribution < 1.29 is 4.79 Å². The molecule has 1 saturated heterocycles. The molecule has 3 unspecified atom stereocenters. The van der Waals surface area contributed by atoms with E-state index in [-0.39, 0.29) is 30.3 Å². The van der Waals surface area contributed by atoms with Crippen LogP contribution >= 0.6 is 24.2 Å². The van der Waals surface area contributed by atoms with Crippen LogP contribution in [0.4, 0.5) is 0 Å². The fraction of sp³-hybridized carbons (Fsp3) is 0.900. The Hall–Kier alpha value is 0.0700. The molecule has 0 radical (unpaired) electrons. The predicted molar refractivity (Wildman–Crippen MR) is 68.6 cm³/mol. The summed E-state index contributed by atoms with van der Waals surface area (Å²) in [7, 11) is 1.90. The van der Waals surface area contributed by atoms with Crippen LogP contribution in [-0.2, 0) is 4.79 Å². The second-order valence-electron chi connectivity index (χ2n) is 4.11. The van der Waals surface area contributed by atoms with Crippen LogP contribution in [0.3, 0.4) is 0 Å². The largest absolute Gasteiger partial charge is 0.342 e. The number of amides is 1. The first-order valence-electron chi connectivity index (χ1n) is 5.14. The smallest absolute Gasteiger partial charge is 0.226 e. The number of nitrogens with two attached hydrogens (primary N) is 1. The van der Waals surface area contributed by atoms with E-state index >= 15 is 0 Å². The van der Waals surface area contributed by atoms with Gasteiger partial charge in [0.25, 0.3) is 0 Å². The third-order valence-corrected chi connectivity index (χ3v) is 4.12. The van der Waals surface area contributed by atoms with E-state index in [1.807, 2.05) is 37.6 Å². The molecule has 5 heteroatoms. The highest BCUT2D eigenvalue weighted by atomic mass is 35.5. The molecule has 0 aliphatic carbocycles. The van der Waals surface area contributed by atoms with Crippen LogP contribution in [0.15, 0.2) is 0 Å². The van der Waals surface area contributed by atoms with Crippen molar-refractivity contribution in [2.24, 2.45) is 11.7 Å². The van der Waals surface area contributed by atoms with Gasteiger partial charge in [-0.3, -0.25) is 4.79 Å². The summed E-state index contributed by atoms with van der Waals surface area (Å²) in [6.45, 7) is 3.80. The third kappa shape index (κ3) is 3.85. The van der Waals surface area contributed by atoms with Crippen molar-refractivity contribution >= 4 is 30.1 Å². The van der Waals surface area contributed by atoms with Crippen LogP contribution in [0.5, 0.6) is 0 Å². The SMILES string of the molecule is CC(N)C(C)C(=O)N(C)C1CCSC1.Cl. The molecule has 0 saturated carbocycles. The minimum atomic E-state index is -0.0643. The quantitative estimate of drug-likeness (QED) is 0.825. The molecule has 0 bridgehead atoms. The molecular formula is C10H21ClN2OS. The molecule has 1 heterocycles. The summed E-state index contributed by atoms with van der Waals surface area (Å²) in [6.07, 6.45) is 1.12. The molecule has 0 spiro atoms. The average Bonchev–Trinajstić information content (AvgIpc) is 2.67. The zero-order chi connectivity index (χ0) is 10.7. The molecular weight excluding hydrogens is 232 g/mol. The van der Waals surface area contributed by atoms with E-state index in [1.165, 1.54) is 5.75 Å². The first-order chi connectivity index (χ1) is 6.54. The van der Waals surface area contributed by atoms with Crippen molar-refractivity contribution in [3.05, 3.63) is 0 Å². The summed E-state index contributed by atoms with van der Waals surface area (Å²) in [5.74, 6) is 2.38. The van der Waals surface area contributed by atoms with Gasteiger partial charge in [-0.2, -0.15) is 11.8 Å². The molecule has 90 valence electrons. The number of carbonyl (C=O) groups excluding carboxylic acids is 1. The Morgan fingerprint density at radius 1 is 1.53 bits per heavy atom. The minimum absolute atomic E-state index is 0. The lowest BCUT2D eigenvalue weighted by molar-refractivity contribution is -0.135. The molecule has 0 aromatic rings. The third-order valence-electron chi connectivity index (χ3n) is 2.98.